The summed E-state index contributed by atoms with van der Waals surface area (Å²) < 4.78 is 5.89. The first-order chi connectivity index (χ1) is 72.8. The summed E-state index contributed by atoms with van der Waals surface area (Å²) in [5.41, 5.74) is 35.4. The van der Waals surface area contributed by atoms with Crippen molar-refractivity contribution in [2.24, 2.45) is 0 Å². The standard InChI is InChI=1S/C45H30N4.C44H29N5.C43H28N6.3CH4/c1-3-10-34(11-4-1)42-29-43(35-12-5-2-6-13-35)48-45(47-42)36-21-18-33(19-22-36)39-15-9-14-32-20-23-37(28-40(32)39)31-24-26-38(27-25-31)49-30-46-41-16-7-8-17-44(41)49;1-3-10-33(11-4-1)41-29-42(46-44(45-41)35-12-5-2-6-13-35)34-21-18-32(19-22-34)38-15-9-14-31-20-23-36(28-39(31)38)30-24-26-37(27-25-30)49-43-17-8-7-16-40(43)47-48-49;1-3-10-32(11-4-1)41-44-42(33-12-5-2-6-13-33)46-43(45-41)34-21-18-31(19-22-34)37-15-9-14-30-20-23-35(28-38(30)37)29-24-26-36(27-25-29)49-40-17-8-7-16-39(40)47-48-49;;;/h1-30H;1-29H;1-28H;3*1H4. The van der Waals surface area contributed by atoms with Crippen molar-refractivity contribution in [3.8, 4) is 186 Å². The van der Waals surface area contributed by atoms with Crippen molar-refractivity contribution in [3.63, 3.8) is 0 Å². The topological polar surface area (TPSA) is 169 Å². The maximum Gasteiger partial charge on any atom is 0.164 e. The fraction of sp³-hybridized carbons (Fsp3) is 0.0222. The molecule has 15 nitrogen and oxygen atoms in total. The molecule has 0 amide bonds. The van der Waals surface area contributed by atoms with Gasteiger partial charge in [-0.1, -0.05) is 451 Å². The quantitative estimate of drug-likeness (QED) is 0.0798. The molecule has 0 aliphatic heterocycles. The molecule has 0 aliphatic carbocycles. The highest BCUT2D eigenvalue weighted by atomic mass is 15.4. The predicted molar refractivity (Wildman–Crippen MR) is 618 cm³/mol. The molecular weight excluding hydrogens is 1830 g/mol. The molecule has 0 saturated carbocycles. The lowest BCUT2D eigenvalue weighted by molar-refractivity contribution is 0.824. The van der Waals surface area contributed by atoms with E-state index < -0.39 is 0 Å². The van der Waals surface area contributed by atoms with Crippen molar-refractivity contribution in [2.45, 2.75) is 22.3 Å². The fourth-order valence-corrected chi connectivity index (χ4v) is 19.3. The minimum Gasteiger partial charge on any atom is -0.299 e. The maximum atomic E-state index is 5.02. The van der Waals surface area contributed by atoms with Crippen molar-refractivity contribution in [1.29, 1.82) is 0 Å². The molecule has 0 bridgehead atoms. The molecule has 0 N–H and O–H groups in total. The van der Waals surface area contributed by atoms with Gasteiger partial charge in [-0.15, -0.1) is 10.2 Å². The van der Waals surface area contributed by atoms with Crippen LogP contribution in [-0.2, 0) is 0 Å². The number of nitrogens with zero attached hydrogens (tertiary/aromatic N) is 15. The van der Waals surface area contributed by atoms with Crippen molar-refractivity contribution in [1.82, 2.24) is 74.4 Å². The zero-order valence-corrected chi connectivity index (χ0v) is 79.4. The number of aromatic nitrogens is 15. The normalized spacial score (nSPS) is 11.0. The number of benzene rings is 21. The predicted octanol–water partition coefficient (Wildman–Crippen LogP) is 34.0. The highest BCUT2D eigenvalue weighted by Gasteiger charge is 2.21. The largest absolute Gasteiger partial charge is 0.299 e. The SMILES string of the molecule is C.C.C.c1ccc(-c2cc(-c3ccc(-c4cccc5ccc(-c6ccc(-n7nnc8ccccc87)cc6)cc45)cc3)nc(-c3ccccc3)n2)cc1.c1ccc(-c2cc(-c3ccccc3)nc(-c3ccc(-c4cccc5ccc(-c6ccc(-n7cnc8ccccc87)cc6)cc45)cc3)n2)cc1.c1ccc(-c2nc(-c3ccccc3)nc(-c3ccc(-c4cccc5ccc(-c6ccc(-n7nnc8ccccc87)cc6)cc45)cc3)n2)cc1. The highest BCUT2D eigenvalue weighted by Crippen LogP contribution is 2.42. The van der Waals surface area contributed by atoms with Crippen LogP contribution in [-0.4, -0.2) is 74.4 Å². The second-order valence-electron chi connectivity index (χ2n) is 36.1. The van der Waals surface area contributed by atoms with Gasteiger partial charge in [0.05, 0.1) is 56.2 Å². The molecule has 0 fully saturated rings. The summed E-state index contributed by atoms with van der Waals surface area (Å²) in [5, 5.41) is 24.6. The zero-order chi connectivity index (χ0) is 97.7. The van der Waals surface area contributed by atoms with Crippen LogP contribution in [0.2, 0.25) is 0 Å². The molecule has 150 heavy (non-hydrogen) atoms. The molecule has 27 rings (SSSR count). The Kier molecular flexibility index (Phi) is 26.8. The van der Waals surface area contributed by atoms with Crippen LogP contribution in [0.5, 0.6) is 0 Å². The summed E-state index contributed by atoms with van der Waals surface area (Å²) in [7, 11) is 0. The van der Waals surface area contributed by atoms with E-state index in [4.69, 9.17) is 34.9 Å². The summed E-state index contributed by atoms with van der Waals surface area (Å²) in [6.07, 6.45) is 1.89. The van der Waals surface area contributed by atoms with Gasteiger partial charge in [0.25, 0.3) is 0 Å². The van der Waals surface area contributed by atoms with Crippen molar-refractivity contribution >= 4 is 65.4 Å². The molecule has 0 atom stereocenters. The number of hydrogen-bond acceptors (Lipinski definition) is 12. The van der Waals surface area contributed by atoms with E-state index in [1.807, 2.05) is 216 Å². The van der Waals surface area contributed by atoms with Crippen LogP contribution in [0.25, 0.3) is 251 Å². The number of para-hydroxylation sites is 4. The smallest absolute Gasteiger partial charge is 0.164 e. The second kappa shape index (κ2) is 42.4. The summed E-state index contributed by atoms with van der Waals surface area (Å²) in [6.45, 7) is 0. The third kappa shape index (κ3) is 19.5. The first-order valence-electron chi connectivity index (χ1n) is 48.9. The van der Waals surface area contributed by atoms with Crippen LogP contribution >= 0.6 is 0 Å². The third-order valence-corrected chi connectivity index (χ3v) is 27.0. The number of rotatable bonds is 18. The minimum absolute atomic E-state index is 0. The van der Waals surface area contributed by atoms with Gasteiger partial charge in [0, 0.05) is 55.8 Å². The summed E-state index contributed by atoms with van der Waals surface area (Å²) in [6, 6.07) is 181. The van der Waals surface area contributed by atoms with Crippen molar-refractivity contribution < 1.29 is 0 Å². The second-order valence-corrected chi connectivity index (χ2v) is 36.1. The molecular formula is C135H99N15. The van der Waals surface area contributed by atoms with Crippen LogP contribution in [0.15, 0.2) is 528 Å². The van der Waals surface area contributed by atoms with Crippen LogP contribution in [0.3, 0.4) is 0 Å². The van der Waals surface area contributed by atoms with E-state index in [1.54, 1.807) is 0 Å². The minimum atomic E-state index is 0. The lowest BCUT2D eigenvalue weighted by atomic mass is 9.94. The average Bonchev–Trinajstić information content (AvgIpc) is 1.05. The van der Waals surface area contributed by atoms with Crippen LogP contribution in [0.1, 0.15) is 22.3 Å². The van der Waals surface area contributed by atoms with Crippen LogP contribution in [0, 0.1) is 0 Å². The fourth-order valence-electron chi connectivity index (χ4n) is 19.3. The summed E-state index contributed by atoms with van der Waals surface area (Å²) >= 11 is 0. The van der Waals surface area contributed by atoms with Gasteiger partial charge in [0.15, 0.2) is 29.1 Å². The molecule has 15 heteroatoms. The van der Waals surface area contributed by atoms with Gasteiger partial charge in [-0.05, 0) is 202 Å². The molecule has 6 heterocycles. The average molecular weight is 1930 g/mol. The molecule has 0 radical (unpaired) electrons. The molecule has 714 valence electrons. The van der Waals surface area contributed by atoms with Gasteiger partial charge >= 0.3 is 0 Å². The Hall–Kier alpha value is -20.2. The van der Waals surface area contributed by atoms with Gasteiger partial charge in [-0.25, -0.2) is 49.2 Å². The van der Waals surface area contributed by atoms with E-state index in [0.29, 0.717) is 29.1 Å². The maximum absolute atomic E-state index is 5.02. The Bertz CT molecular complexity index is 8420. The van der Waals surface area contributed by atoms with E-state index in [1.165, 1.54) is 60.1 Å². The van der Waals surface area contributed by atoms with Gasteiger partial charge < -0.3 is 0 Å². The Balaban J connectivity index is 0.000000126. The number of imidazole rings is 1. The Morgan fingerprint density at radius 3 is 0.740 bits per heavy atom. The van der Waals surface area contributed by atoms with Gasteiger partial charge in [-0.2, -0.15) is 0 Å². The lowest BCUT2D eigenvalue weighted by Crippen LogP contribution is -2.00. The molecule has 27 aromatic rings. The Morgan fingerprint density at radius 2 is 0.407 bits per heavy atom. The lowest BCUT2D eigenvalue weighted by Gasteiger charge is -2.12. The molecule has 0 aliphatic rings. The first-order valence-corrected chi connectivity index (χ1v) is 48.9. The molecule has 21 aromatic carbocycles. The molecule has 0 unspecified atom stereocenters. The molecule has 0 spiro atoms. The van der Waals surface area contributed by atoms with Crippen LogP contribution in [0.4, 0.5) is 0 Å². The Morgan fingerprint density at radius 1 is 0.160 bits per heavy atom. The zero-order valence-electron chi connectivity index (χ0n) is 79.4. The van der Waals surface area contributed by atoms with Crippen LogP contribution < -0.4 is 0 Å². The van der Waals surface area contributed by atoms with E-state index in [9.17, 15) is 0 Å². The molecule has 0 saturated heterocycles. The number of fused-ring (bicyclic) bond motifs is 6. The summed E-state index contributed by atoms with van der Waals surface area (Å²) in [4.78, 5) is 39.2. The Labute approximate surface area is 870 Å². The molecule has 6 aromatic heterocycles. The van der Waals surface area contributed by atoms with E-state index >= 15 is 0 Å². The third-order valence-electron chi connectivity index (χ3n) is 27.0. The number of hydrogen-bond donors (Lipinski definition) is 0. The van der Waals surface area contributed by atoms with E-state index in [0.717, 1.165) is 162 Å². The van der Waals surface area contributed by atoms with Crippen molar-refractivity contribution in [3.05, 3.63) is 528 Å². The van der Waals surface area contributed by atoms with Gasteiger partial charge in [0.1, 0.15) is 17.4 Å². The van der Waals surface area contributed by atoms with Crippen molar-refractivity contribution in [2.75, 3.05) is 0 Å². The van der Waals surface area contributed by atoms with E-state index in [2.05, 4.69) is 352 Å². The van der Waals surface area contributed by atoms with E-state index in [-0.39, 0.29) is 22.3 Å². The highest BCUT2D eigenvalue weighted by molar-refractivity contribution is 6.03. The first kappa shape index (κ1) is 94.7. The summed E-state index contributed by atoms with van der Waals surface area (Å²) in [5.74, 6) is 3.36. The monoisotopic (exact) mass is 1930 g/mol. The van der Waals surface area contributed by atoms with Gasteiger partial charge in [0.2, 0.25) is 0 Å². The van der Waals surface area contributed by atoms with Gasteiger partial charge in [-0.3, -0.25) is 4.57 Å².